The number of pyridine rings is 1. The average molecular weight is 722 g/mol. The Morgan fingerprint density at radius 2 is 1.11 bits per heavy atom. The molecule has 0 aliphatic rings. The fourth-order valence-corrected chi connectivity index (χ4v) is 9.71. The van der Waals surface area contributed by atoms with Gasteiger partial charge in [-0.15, -0.1) is 11.3 Å². The summed E-state index contributed by atoms with van der Waals surface area (Å²) in [6.45, 7) is 13.0. The Hall–Kier alpha value is -6.61. The maximum atomic E-state index is 4.51. The third kappa shape index (κ3) is 5.57. The Morgan fingerprint density at radius 3 is 1.67 bits per heavy atom. The zero-order valence-corrected chi connectivity index (χ0v) is 31.8. The molecule has 2 aromatic heterocycles. The summed E-state index contributed by atoms with van der Waals surface area (Å²) in [6, 6.07) is 48.5. The Labute approximate surface area is 326 Å². The van der Waals surface area contributed by atoms with Crippen molar-refractivity contribution in [3.8, 4) is 33.4 Å². The van der Waals surface area contributed by atoms with Gasteiger partial charge in [-0.1, -0.05) is 165 Å². The number of hydrogen-bond donors (Lipinski definition) is 0. The van der Waals surface area contributed by atoms with E-state index < -0.39 is 0 Å². The van der Waals surface area contributed by atoms with E-state index in [0.29, 0.717) is 0 Å². The lowest BCUT2D eigenvalue weighted by atomic mass is 9.81. The molecule has 0 amide bonds. The Bertz CT molecular complexity index is 2960. The van der Waals surface area contributed by atoms with Crippen LogP contribution in [-0.4, -0.2) is 4.98 Å². The van der Waals surface area contributed by atoms with E-state index in [2.05, 4.69) is 178 Å². The predicted octanol–water partition coefficient (Wildman–Crippen LogP) is 15.5. The number of thiophene rings is 1. The van der Waals surface area contributed by atoms with Gasteiger partial charge in [-0.3, -0.25) is 4.98 Å². The molecule has 9 rings (SSSR count). The van der Waals surface area contributed by atoms with E-state index in [1.807, 2.05) is 41.9 Å². The molecule has 9 aromatic rings. The van der Waals surface area contributed by atoms with Crippen molar-refractivity contribution < 1.29 is 0 Å². The summed E-state index contributed by atoms with van der Waals surface area (Å²) < 4.78 is 1.23. The van der Waals surface area contributed by atoms with Crippen LogP contribution in [0, 0.1) is 0 Å². The van der Waals surface area contributed by atoms with Crippen molar-refractivity contribution in [1.82, 2.24) is 4.98 Å². The van der Waals surface area contributed by atoms with Crippen molar-refractivity contribution in [3.63, 3.8) is 0 Å². The third-order valence-corrected chi connectivity index (χ3v) is 11.9. The topological polar surface area (TPSA) is 12.9 Å². The first kappa shape index (κ1) is 34.2. The largest absolute Gasteiger partial charge is 0.264 e. The summed E-state index contributed by atoms with van der Waals surface area (Å²) >= 11 is 1.81. The smallest absolute Gasteiger partial charge is 0.0361 e. The highest BCUT2D eigenvalue weighted by Gasteiger charge is 2.24. The van der Waals surface area contributed by atoms with Crippen LogP contribution < -0.4 is 0 Å². The van der Waals surface area contributed by atoms with E-state index in [1.54, 1.807) is 0 Å². The molecule has 0 atom stereocenters. The molecular weight excluding hydrogens is 683 g/mol. The third-order valence-electron chi connectivity index (χ3n) is 10.8. The van der Waals surface area contributed by atoms with Crippen LogP contribution in [0.25, 0.3) is 99.6 Å². The van der Waals surface area contributed by atoms with Crippen molar-refractivity contribution >= 4 is 77.5 Å². The van der Waals surface area contributed by atoms with E-state index >= 15 is 0 Å². The molecule has 0 aliphatic heterocycles. The van der Waals surface area contributed by atoms with Gasteiger partial charge in [-0.05, 0) is 108 Å². The minimum absolute atomic E-state index is 1.08. The number of nitrogens with zero attached hydrogens (tertiary/aromatic N) is 1. The number of aromatic nitrogens is 1. The summed E-state index contributed by atoms with van der Waals surface area (Å²) in [5, 5.41) is 8.60. The summed E-state index contributed by atoms with van der Waals surface area (Å²) in [5.74, 6) is 0. The summed E-state index contributed by atoms with van der Waals surface area (Å²) in [6.07, 6.45) is 14.4. The maximum Gasteiger partial charge on any atom is 0.0361 e. The minimum atomic E-state index is 1.08. The van der Waals surface area contributed by atoms with E-state index in [1.165, 1.54) is 81.4 Å². The highest BCUT2D eigenvalue weighted by atomic mass is 32.1. The van der Waals surface area contributed by atoms with Crippen molar-refractivity contribution in [1.29, 1.82) is 0 Å². The zero-order chi connectivity index (χ0) is 37.5. The van der Waals surface area contributed by atoms with Gasteiger partial charge in [-0.2, -0.15) is 0 Å². The molecule has 0 fully saturated rings. The Balaban J connectivity index is 1.30. The zero-order valence-electron chi connectivity index (χ0n) is 31.0. The number of fused-ring (bicyclic) bond motifs is 4. The van der Waals surface area contributed by atoms with Crippen molar-refractivity contribution in [3.05, 3.63) is 198 Å². The second-order valence-electron chi connectivity index (χ2n) is 13.7. The number of rotatable bonds is 8. The van der Waals surface area contributed by atoms with Gasteiger partial charge in [0.05, 0.1) is 0 Å². The molecule has 2 heteroatoms. The molecule has 55 heavy (non-hydrogen) atoms. The SMILES string of the molecule is C=Cc1sc2cc(-c3c4ccccc4c(-c4ccccc4)c4ccccc34)ccc2c1/C(=C\C)c1c(C=C)c(/C=C\C)c(-c2cccnc2)c2ccccc12. The highest BCUT2D eigenvalue weighted by Crippen LogP contribution is 2.49. The van der Waals surface area contributed by atoms with Gasteiger partial charge in [0.15, 0.2) is 0 Å². The van der Waals surface area contributed by atoms with Crippen LogP contribution in [0.5, 0.6) is 0 Å². The predicted molar refractivity (Wildman–Crippen MR) is 243 cm³/mol. The van der Waals surface area contributed by atoms with Crippen LogP contribution in [0.3, 0.4) is 0 Å². The first-order valence-corrected chi connectivity index (χ1v) is 19.6. The number of hydrogen-bond acceptors (Lipinski definition) is 2. The average Bonchev–Trinajstić information content (AvgIpc) is 3.61. The molecule has 0 saturated carbocycles. The fourth-order valence-electron chi connectivity index (χ4n) is 8.60. The van der Waals surface area contributed by atoms with Crippen molar-refractivity contribution in [2.45, 2.75) is 13.8 Å². The quantitative estimate of drug-likeness (QED) is 0.142. The maximum absolute atomic E-state index is 4.51. The molecule has 0 radical (unpaired) electrons. The van der Waals surface area contributed by atoms with Gasteiger partial charge in [0, 0.05) is 38.5 Å². The van der Waals surface area contributed by atoms with E-state index in [-0.39, 0.29) is 0 Å². The van der Waals surface area contributed by atoms with Gasteiger partial charge in [0.2, 0.25) is 0 Å². The van der Waals surface area contributed by atoms with Crippen LogP contribution in [0.1, 0.15) is 41.0 Å². The lowest BCUT2D eigenvalue weighted by Gasteiger charge is -2.22. The van der Waals surface area contributed by atoms with Crippen LogP contribution in [0.4, 0.5) is 0 Å². The number of benzene rings is 7. The first-order valence-electron chi connectivity index (χ1n) is 18.8. The van der Waals surface area contributed by atoms with Crippen LogP contribution in [0.2, 0.25) is 0 Å². The summed E-state index contributed by atoms with van der Waals surface area (Å²) in [4.78, 5) is 5.66. The monoisotopic (exact) mass is 721 g/mol. The highest BCUT2D eigenvalue weighted by molar-refractivity contribution is 7.20. The standard InChI is InChI=1S/C53H39NS/c1-5-19-39-37(6-2)52(45-28-17-16-27-44(45)51(39)36-22-18-31-54-33-36)38(7-3)53-46-30-29-35(32-48(46)55-47(53)8-4)50-42-25-14-12-23-40(42)49(34-20-10-9-11-21-34)41-24-13-15-26-43(41)50/h5-33H,2,4H2,1,3H3/b19-5-,38-7-. The number of allylic oxidation sites excluding steroid dienone is 2. The molecule has 1 nitrogen and oxygen atoms in total. The minimum Gasteiger partial charge on any atom is -0.264 e. The normalized spacial score (nSPS) is 12.0. The Kier molecular flexibility index (Phi) is 8.90. The summed E-state index contributed by atoms with van der Waals surface area (Å²) in [7, 11) is 0. The van der Waals surface area contributed by atoms with Crippen molar-refractivity contribution in [2.75, 3.05) is 0 Å². The lowest BCUT2D eigenvalue weighted by molar-refractivity contribution is 1.33. The van der Waals surface area contributed by atoms with Gasteiger partial charge < -0.3 is 0 Å². The lowest BCUT2D eigenvalue weighted by Crippen LogP contribution is -2.00. The van der Waals surface area contributed by atoms with Gasteiger partial charge in [0.25, 0.3) is 0 Å². The second kappa shape index (κ2) is 14.3. The molecule has 0 bridgehead atoms. The molecule has 262 valence electrons. The Morgan fingerprint density at radius 1 is 0.527 bits per heavy atom. The molecule has 2 heterocycles. The molecule has 0 unspecified atom stereocenters. The molecular formula is C53H39NS. The molecule has 0 aliphatic carbocycles. The molecule has 0 N–H and O–H groups in total. The van der Waals surface area contributed by atoms with E-state index in [9.17, 15) is 0 Å². The van der Waals surface area contributed by atoms with Gasteiger partial charge in [-0.25, -0.2) is 0 Å². The fraction of sp³-hybridized carbons (Fsp3) is 0.0377. The van der Waals surface area contributed by atoms with Crippen LogP contribution >= 0.6 is 11.3 Å². The van der Waals surface area contributed by atoms with Gasteiger partial charge >= 0.3 is 0 Å². The van der Waals surface area contributed by atoms with E-state index in [4.69, 9.17) is 0 Å². The summed E-state index contributed by atoms with van der Waals surface area (Å²) in [5.41, 5.74) is 13.0. The first-order chi connectivity index (χ1) is 27.2. The second-order valence-corrected chi connectivity index (χ2v) is 14.8. The van der Waals surface area contributed by atoms with E-state index in [0.717, 1.165) is 27.1 Å². The van der Waals surface area contributed by atoms with Crippen LogP contribution in [0.15, 0.2) is 171 Å². The van der Waals surface area contributed by atoms with Crippen molar-refractivity contribution in [2.24, 2.45) is 0 Å². The van der Waals surface area contributed by atoms with Gasteiger partial charge in [0.1, 0.15) is 0 Å². The molecule has 0 saturated heterocycles. The molecule has 7 aromatic carbocycles. The van der Waals surface area contributed by atoms with Crippen LogP contribution in [-0.2, 0) is 0 Å². The molecule has 0 spiro atoms.